The molecule has 0 aliphatic heterocycles. The minimum absolute atomic E-state index is 0.0569. The lowest BCUT2D eigenvalue weighted by Gasteiger charge is -2.29. The van der Waals surface area contributed by atoms with Crippen LogP contribution in [0.2, 0.25) is 5.02 Å². The van der Waals surface area contributed by atoms with Gasteiger partial charge in [0.15, 0.2) is 28.2 Å². The van der Waals surface area contributed by atoms with E-state index in [1.807, 2.05) is 32.9 Å². The lowest BCUT2D eigenvalue weighted by molar-refractivity contribution is -0.119. The number of nitrogens with zero attached hydrogens (tertiary/aromatic N) is 2. The number of carboxylic acids is 1. The zero-order valence-corrected chi connectivity index (χ0v) is 29.3. The summed E-state index contributed by atoms with van der Waals surface area (Å²) >= 11 is 5.99. The zero-order valence-electron chi connectivity index (χ0n) is 27.7. The van der Waals surface area contributed by atoms with Crippen LogP contribution < -0.4 is 4.90 Å². The number of halogens is 5. The molecular weight excluding hydrogens is 696 g/mol. The minimum atomic E-state index is -5.35. The van der Waals surface area contributed by atoms with Crippen LogP contribution in [-0.4, -0.2) is 36.3 Å². The number of aromatic carboxylic acids is 1. The van der Waals surface area contributed by atoms with E-state index in [1.54, 1.807) is 0 Å². The van der Waals surface area contributed by atoms with Crippen molar-refractivity contribution in [2.45, 2.75) is 69.9 Å². The molecule has 1 amide bonds. The molecule has 0 bridgehead atoms. The number of carbonyl (C=O) groups excluding carboxylic acids is 1. The number of amides is 1. The van der Waals surface area contributed by atoms with Gasteiger partial charge < -0.3 is 10.0 Å². The molecule has 4 aromatic rings. The van der Waals surface area contributed by atoms with Gasteiger partial charge in [0.05, 0.1) is 18.7 Å². The third-order valence-electron chi connectivity index (χ3n) is 8.62. The Morgan fingerprint density at radius 2 is 1.46 bits per heavy atom. The topological polar surface area (TPSA) is 95.0 Å². The molecule has 50 heavy (non-hydrogen) atoms. The van der Waals surface area contributed by atoms with Crippen LogP contribution in [0.1, 0.15) is 77.7 Å². The molecule has 7 nitrogen and oxygen atoms in total. The van der Waals surface area contributed by atoms with Crippen molar-refractivity contribution in [3.8, 4) is 0 Å². The molecule has 1 N–H and O–H groups in total. The smallest absolute Gasteiger partial charge is 0.335 e. The molecule has 5 rings (SSSR count). The van der Waals surface area contributed by atoms with Crippen LogP contribution in [0.4, 0.5) is 23.2 Å². The molecule has 1 aliphatic carbocycles. The average Bonchev–Trinajstić information content (AvgIpc) is 3.91. The van der Waals surface area contributed by atoms with E-state index in [9.17, 15) is 31.9 Å². The molecule has 13 heteroatoms. The van der Waals surface area contributed by atoms with Gasteiger partial charge in [-0.15, -0.1) is 0 Å². The Bertz CT molecular complexity index is 2030. The number of rotatable bonds is 11. The summed E-state index contributed by atoms with van der Waals surface area (Å²) in [5, 5.41) is 9.77. The van der Waals surface area contributed by atoms with E-state index >= 15 is 8.78 Å². The van der Waals surface area contributed by atoms with Gasteiger partial charge >= 0.3 is 5.97 Å². The molecule has 0 saturated heterocycles. The van der Waals surface area contributed by atoms with Crippen molar-refractivity contribution in [3.63, 3.8) is 0 Å². The van der Waals surface area contributed by atoms with Gasteiger partial charge in [-0.3, -0.25) is 4.79 Å². The summed E-state index contributed by atoms with van der Waals surface area (Å²) in [5.74, 6) is -9.83. The summed E-state index contributed by atoms with van der Waals surface area (Å²) in [5.41, 5.74) is 1.95. The highest BCUT2D eigenvalue weighted by atomic mass is 35.5. The fourth-order valence-electron chi connectivity index (χ4n) is 5.52. The lowest BCUT2D eigenvalue weighted by atomic mass is 9.84. The monoisotopic (exact) mass is 730 g/mol. The lowest BCUT2D eigenvalue weighted by Crippen LogP contribution is -2.43. The van der Waals surface area contributed by atoms with E-state index in [0.717, 1.165) is 36.5 Å². The molecule has 1 fully saturated rings. The summed E-state index contributed by atoms with van der Waals surface area (Å²) in [6, 6.07) is 17.2. The molecule has 1 aliphatic rings. The molecule has 0 atom stereocenters. The van der Waals surface area contributed by atoms with Gasteiger partial charge in [-0.2, -0.15) is 4.31 Å². The van der Waals surface area contributed by atoms with Crippen LogP contribution in [0.5, 0.6) is 0 Å². The molecule has 0 heterocycles. The van der Waals surface area contributed by atoms with Crippen LogP contribution in [0.3, 0.4) is 0 Å². The van der Waals surface area contributed by atoms with Crippen molar-refractivity contribution < 1.29 is 40.7 Å². The van der Waals surface area contributed by atoms with Gasteiger partial charge in [-0.1, -0.05) is 62.7 Å². The van der Waals surface area contributed by atoms with Crippen molar-refractivity contribution in [3.05, 3.63) is 128 Å². The fourth-order valence-corrected chi connectivity index (χ4v) is 7.20. The van der Waals surface area contributed by atoms with Crippen LogP contribution in [0.25, 0.3) is 0 Å². The number of carboxylic acid groups (broad SMARTS) is 1. The third-order valence-corrected chi connectivity index (χ3v) is 10.7. The number of hydrogen-bond donors (Lipinski definition) is 1. The second-order valence-electron chi connectivity index (χ2n) is 13.4. The number of benzene rings is 4. The standard InChI is InChI=1S/C37H35ClF4N2O5S/c1-21-31(39)33(41)34(42)35(32(21)40)50(48,49)43(18-22-5-11-28(38)12-6-22)20-30(45)44(29-13-9-25(10-14-29)36(46)47)19-23-15-26(24-7-8-24)17-27(16-23)37(2,3)4/h5-6,9-17,24H,7-8,18-20H2,1-4H3,(H,46,47). The first-order chi connectivity index (χ1) is 23.4. The fraction of sp³-hybridized carbons (Fsp3) is 0.297. The van der Waals surface area contributed by atoms with Crippen LogP contribution in [0, 0.1) is 30.2 Å². The van der Waals surface area contributed by atoms with Crippen LogP contribution in [-0.2, 0) is 33.3 Å². The maximum atomic E-state index is 15.3. The third kappa shape index (κ3) is 7.87. The Morgan fingerprint density at radius 1 is 0.840 bits per heavy atom. The highest BCUT2D eigenvalue weighted by Gasteiger charge is 2.38. The maximum Gasteiger partial charge on any atom is 0.335 e. The quantitative estimate of drug-likeness (QED) is 0.0949. The molecule has 0 spiro atoms. The number of anilines is 1. The maximum absolute atomic E-state index is 15.3. The number of carbonyl (C=O) groups is 2. The Hall–Kier alpha value is -4.26. The first-order valence-corrected chi connectivity index (χ1v) is 17.6. The van der Waals surface area contributed by atoms with Crippen molar-refractivity contribution >= 4 is 39.2 Å². The largest absolute Gasteiger partial charge is 0.478 e. The molecule has 4 aromatic carbocycles. The molecule has 0 unspecified atom stereocenters. The van der Waals surface area contributed by atoms with Gasteiger partial charge in [0.25, 0.3) is 0 Å². The first kappa shape index (κ1) is 37.0. The zero-order chi connectivity index (χ0) is 36.7. The minimum Gasteiger partial charge on any atom is -0.478 e. The average molecular weight is 731 g/mol. The Balaban J connectivity index is 1.61. The van der Waals surface area contributed by atoms with Gasteiger partial charge in [-0.25, -0.2) is 30.8 Å². The highest BCUT2D eigenvalue weighted by molar-refractivity contribution is 7.89. The van der Waals surface area contributed by atoms with Crippen molar-refractivity contribution in [1.82, 2.24) is 4.31 Å². The van der Waals surface area contributed by atoms with Crippen molar-refractivity contribution in [1.29, 1.82) is 0 Å². The second kappa shape index (κ2) is 14.2. The summed E-state index contributed by atoms with van der Waals surface area (Å²) < 4.78 is 87.7. The Kier molecular flexibility index (Phi) is 10.5. The summed E-state index contributed by atoms with van der Waals surface area (Å²) in [4.78, 5) is 25.4. The molecule has 264 valence electrons. The van der Waals surface area contributed by atoms with E-state index in [-0.39, 0.29) is 28.8 Å². The summed E-state index contributed by atoms with van der Waals surface area (Å²) in [7, 11) is -5.35. The number of hydrogen-bond acceptors (Lipinski definition) is 4. The summed E-state index contributed by atoms with van der Waals surface area (Å²) in [6.07, 6.45) is 2.03. The normalized spacial score (nSPS) is 13.5. The Morgan fingerprint density at radius 3 is 2.02 bits per heavy atom. The van der Waals surface area contributed by atoms with Gasteiger partial charge in [0.1, 0.15) is 0 Å². The van der Waals surface area contributed by atoms with E-state index in [2.05, 4.69) is 6.07 Å². The van der Waals surface area contributed by atoms with Crippen molar-refractivity contribution in [2.24, 2.45) is 0 Å². The second-order valence-corrected chi connectivity index (χ2v) is 15.7. The predicted molar refractivity (Wildman–Crippen MR) is 182 cm³/mol. The number of sulfonamides is 1. The first-order valence-electron chi connectivity index (χ1n) is 15.7. The van der Waals surface area contributed by atoms with Crippen LogP contribution >= 0.6 is 11.6 Å². The SMILES string of the molecule is Cc1c(F)c(F)c(F)c(S(=O)(=O)N(CC(=O)N(Cc2cc(C3CC3)cc(C(C)(C)C)c2)c2ccc(C(=O)O)cc2)Cc2ccc(Cl)cc2)c1F. The molecule has 0 aromatic heterocycles. The summed E-state index contributed by atoms with van der Waals surface area (Å²) in [6.45, 7) is 5.26. The molecule has 1 saturated carbocycles. The molecular formula is C37H35ClF4N2O5S. The van der Waals surface area contributed by atoms with E-state index in [4.69, 9.17) is 11.6 Å². The van der Waals surface area contributed by atoms with Gasteiger partial charge in [0.2, 0.25) is 15.9 Å². The van der Waals surface area contributed by atoms with E-state index in [1.165, 1.54) is 53.4 Å². The van der Waals surface area contributed by atoms with Crippen LogP contribution in [0.15, 0.2) is 71.6 Å². The molecule has 0 radical (unpaired) electrons. The Labute approximate surface area is 293 Å². The van der Waals surface area contributed by atoms with E-state index < -0.39 is 68.7 Å². The predicted octanol–water partition coefficient (Wildman–Crippen LogP) is 8.50. The van der Waals surface area contributed by atoms with E-state index in [0.29, 0.717) is 15.2 Å². The highest BCUT2D eigenvalue weighted by Crippen LogP contribution is 2.42. The van der Waals surface area contributed by atoms with Gasteiger partial charge in [-0.05, 0) is 89.8 Å². The van der Waals surface area contributed by atoms with Gasteiger partial charge in [0, 0.05) is 22.8 Å². The van der Waals surface area contributed by atoms with Crippen molar-refractivity contribution in [2.75, 3.05) is 11.4 Å².